The molecule has 0 radical (unpaired) electrons. The van der Waals surface area contributed by atoms with Gasteiger partial charge in [-0.15, -0.1) is 0 Å². The lowest BCUT2D eigenvalue weighted by atomic mass is 10.1. The highest BCUT2D eigenvalue weighted by Crippen LogP contribution is 2.38. The largest absolute Gasteiger partial charge is 0.505 e. The molecule has 0 aliphatic carbocycles. The third-order valence-electron chi connectivity index (χ3n) is 2.29. The van der Waals surface area contributed by atoms with Gasteiger partial charge >= 0.3 is 0 Å². The van der Waals surface area contributed by atoms with E-state index in [-0.39, 0.29) is 5.75 Å². The van der Waals surface area contributed by atoms with Crippen LogP contribution in [0.1, 0.15) is 11.3 Å². The van der Waals surface area contributed by atoms with Gasteiger partial charge in [0.15, 0.2) is 5.75 Å². The number of fused-ring (bicyclic) bond motifs is 1. The molecule has 0 saturated carbocycles. The smallest absolute Gasteiger partial charge is 0.156 e. The Balaban J connectivity index is 3.02. The SMILES string of the molecule is Cc1cc(C)c2c(Br)cc(Br)c(O)c2n1. The summed E-state index contributed by atoms with van der Waals surface area (Å²) >= 11 is 6.77. The predicted molar refractivity (Wildman–Crippen MR) is 68.3 cm³/mol. The minimum atomic E-state index is 0.194. The number of nitrogens with zero attached hydrogens (tertiary/aromatic N) is 1. The first kappa shape index (κ1) is 10.9. The highest BCUT2D eigenvalue weighted by atomic mass is 79.9. The number of aromatic nitrogens is 1. The first-order valence-corrected chi connectivity index (χ1v) is 6.04. The first-order valence-electron chi connectivity index (χ1n) is 4.45. The Morgan fingerprint density at radius 1 is 1.13 bits per heavy atom. The van der Waals surface area contributed by atoms with Crippen molar-refractivity contribution in [3.05, 3.63) is 32.3 Å². The van der Waals surface area contributed by atoms with Gasteiger partial charge in [-0.3, -0.25) is 0 Å². The fourth-order valence-electron chi connectivity index (χ4n) is 1.67. The maximum atomic E-state index is 9.90. The maximum Gasteiger partial charge on any atom is 0.156 e. The molecule has 0 atom stereocenters. The average Bonchev–Trinajstić information content (AvgIpc) is 2.12. The lowest BCUT2D eigenvalue weighted by Crippen LogP contribution is -1.89. The van der Waals surface area contributed by atoms with Gasteiger partial charge in [0.05, 0.1) is 4.47 Å². The molecule has 0 aliphatic heterocycles. The molecule has 0 amide bonds. The summed E-state index contributed by atoms with van der Waals surface area (Å²) in [6.07, 6.45) is 0. The van der Waals surface area contributed by atoms with E-state index in [1.54, 1.807) is 0 Å². The van der Waals surface area contributed by atoms with Gasteiger partial charge in [0.2, 0.25) is 0 Å². The van der Waals surface area contributed by atoms with Gasteiger partial charge in [-0.25, -0.2) is 4.98 Å². The van der Waals surface area contributed by atoms with Gasteiger partial charge in [0.1, 0.15) is 5.52 Å². The molecule has 4 heteroatoms. The van der Waals surface area contributed by atoms with E-state index >= 15 is 0 Å². The third-order valence-corrected chi connectivity index (χ3v) is 3.52. The maximum absolute atomic E-state index is 9.90. The fourth-order valence-corrected chi connectivity index (χ4v) is 3.13. The summed E-state index contributed by atoms with van der Waals surface area (Å²) in [5.41, 5.74) is 2.64. The molecule has 0 unspecified atom stereocenters. The van der Waals surface area contributed by atoms with E-state index in [1.165, 1.54) is 0 Å². The van der Waals surface area contributed by atoms with Crippen molar-refractivity contribution in [1.29, 1.82) is 0 Å². The molecule has 2 nitrogen and oxygen atoms in total. The van der Waals surface area contributed by atoms with Crippen LogP contribution >= 0.6 is 31.9 Å². The molecule has 1 heterocycles. The first-order chi connectivity index (χ1) is 7.00. The van der Waals surface area contributed by atoms with Crippen LogP contribution in [0.5, 0.6) is 5.75 Å². The molecule has 1 aromatic carbocycles. The van der Waals surface area contributed by atoms with Crippen molar-refractivity contribution in [3.8, 4) is 5.75 Å². The number of phenols is 1. The van der Waals surface area contributed by atoms with Crippen LogP contribution in [-0.4, -0.2) is 10.1 Å². The van der Waals surface area contributed by atoms with E-state index in [2.05, 4.69) is 36.8 Å². The molecule has 15 heavy (non-hydrogen) atoms. The molecule has 0 bridgehead atoms. The number of pyridine rings is 1. The van der Waals surface area contributed by atoms with E-state index in [9.17, 15) is 5.11 Å². The minimum absolute atomic E-state index is 0.194. The fraction of sp³-hybridized carbons (Fsp3) is 0.182. The normalized spacial score (nSPS) is 10.9. The number of hydrogen-bond acceptors (Lipinski definition) is 2. The number of rotatable bonds is 0. The molecule has 0 fully saturated rings. The Hall–Kier alpha value is -0.610. The lowest BCUT2D eigenvalue weighted by Gasteiger charge is -2.08. The Labute approximate surface area is 105 Å². The quantitative estimate of drug-likeness (QED) is 0.789. The Morgan fingerprint density at radius 3 is 2.47 bits per heavy atom. The van der Waals surface area contributed by atoms with Crippen molar-refractivity contribution in [3.63, 3.8) is 0 Å². The topological polar surface area (TPSA) is 33.1 Å². The van der Waals surface area contributed by atoms with Crippen LogP contribution < -0.4 is 0 Å². The Morgan fingerprint density at radius 2 is 1.80 bits per heavy atom. The van der Waals surface area contributed by atoms with E-state index in [0.29, 0.717) is 9.99 Å². The van der Waals surface area contributed by atoms with Crippen LogP contribution in [0.15, 0.2) is 21.1 Å². The zero-order valence-corrected chi connectivity index (χ0v) is 11.5. The van der Waals surface area contributed by atoms with E-state index in [1.807, 2.05) is 26.0 Å². The van der Waals surface area contributed by atoms with Gasteiger partial charge in [0, 0.05) is 15.6 Å². The zero-order valence-electron chi connectivity index (χ0n) is 8.31. The lowest BCUT2D eigenvalue weighted by molar-refractivity contribution is 0.477. The van der Waals surface area contributed by atoms with Crippen LogP contribution in [0, 0.1) is 13.8 Å². The van der Waals surface area contributed by atoms with E-state index in [4.69, 9.17) is 0 Å². The van der Waals surface area contributed by atoms with Crippen LogP contribution in [-0.2, 0) is 0 Å². The second-order valence-electron chi connectivity index (χ2n) is 3.49. The van der Waals surface area contributed by atoms with Gasteiger partial charge in [-0.2, -0.15) is 0 Å². The van der Waals surface area contributed by atoms with Crippen molar-refractivity contribution in [1.82, 2.24) is 4.98 Å². The summed E-state index contributed by atoms with van der Waals surface area (Å²) in [6, 6.07) is 3.84. The average molecular weight is 331 g/mol. The third kappa shape index (κ3) is 1.76. The highest BCUT2D eigenvalue weighted by molar-refractivity contribution is 9.11. The summed E-state index contributed by atoms with van der Waals surface area (Å²) in [7, 11) is 0. The predicted octanol–water partition coefficient (Wildman–Crippen LogP) is 4.08. The van der Waals surface area contributed by atoms with Crippen molar-refractivity contribution in [2.45, 2.75) is 13.8 Å². The number of aromatic hydroxyl groups is 1. The van der Waals surface area contributed by atoms with Crippen LogP contribution in [0.4, 0.5) is 0 Å². The molecule has 1 N–H and O–H groups in total. The molecule has 2 aromatic rings. The molecule has 1 aromatic heterocycles. The van der Waals surface area contributed by atoms with Crippen molar-refractivity contribution in [2.24, 2.45) is 0 Å². The molecule has 0 saturated heterocycles. The standard InChI is InChI=1S/C11H9Br2NO/c1-5-3-6(2)14-10-9(5)7(12)4-8(13)11(10)15/h3-4,15H,1-2H3. The molecule has 2 rings (SSSR count). The van der Waals surface area contributed by atoms with E-state index < -0.39 is 0 Å². The Kier molecular flexibility index (Phi) is 2.73. The van der Waals surface area contributed by atoms with Crippen LogP contribution in [0.25, 0.3) is 10.9 Å². The second kappa shape index (κ2) is 3.76. The number of benzene rings is 1. The summed E-state index contributed by atoms with van der Waals surface area (Å²) < 4.78 is 1.59. The molecule has 0 aliphatic rings. The second-order valence-corrected chi connectivity index (χ2v) is 5.20. The molecule has 0 spiro atoms. The molecular formula is C11H9Br2NO. The van der Waals surface area contributed by atoms with E-state index in [0.717, 1.165) is 21.1 Å². The summed E-state index contributed by atoms with van der Waals surface area (Å²) in [5.74, 6) is 0.194. The summed E-state index contributed by atoms with van der Waals surface area (Å²) in [4.78, 5) is 4.35. The number of phenolic OH excluding ortho intramolecular Hbond substituents is 1. The Bertz CT molecular complexity index is 544. The highest BCUT2D eigenvalue weighted by Gasteiger charge is 2.12. The summed E-state index contributed by atoms with van der Waals surface area (Å²) in [6.45, 7) is 3.93. The van der Waals surface area contributed by atoms with Gasteiger partial charge in [0.25, 0.3) is 0 Å². The van der Waals surface area contributed by atoms with Gasteiger partial charge in [-0.05, 0) is 47.5 Å². The van der Waals surface area contributed by atoms with Gasteiger partial charge in [-0.1, -0.05) is 15.9 Å². The molecular weight excluding hydrogens is 322 g/mol. The minimum Gasteiger partial charge on any atom is -0.505 e. The molecule has 78 valence electrons. The van der Waals surface area contributed by atoms with Crippen LogP contribution in [0.2, 0.25) is 0 Å². The number of hydrogen-bond donors (Lipinski definition) is 1. The van der Waals surface area contributed by atoms with Crippen molar-refractivity contribution >= 4 is 42.8 Å². The van der Waals surface area contributed by atoms with Crippen LogP contribution in [0.3, 0.4) is 0 Å². The van der Waals surface area contributed by atoms with Crippen molar-refractivity contribution < 1.29 is 5.11 Å². The number of aryl methyl sites for hydroxylation is 2. The van der Waals surface area contributed by atoms with Crippen molar-refractivity contribution in [2.75, 3.05) is 0 Å². The summed E-state index contributed by atoms with van der Waals surface area (Å²) in [5, 5.41) is 10.9. The zero-order chi connectivity index (χ0) is 11.2. The van der Waals surface area contributed by atoms with Gasteiger partial charge < -0.3 is 5.11 Å². The monoisotopic (exact) mass is 329 g/mol. The number of halogens is 2.